The van der Waals surface area contributed by atoms with Gasteiger partial charge in [-0.15, -0.1) is 0 Å². The van der Waals surface area contributed by atoms with Crippen LogP contribution in [0.25, 0.3) is 11.3 Å². The van der Waals surface area contributed by atoms with E-state index >= 15 is 0 Å². The molecular formula is C19H22N2O4. The third kappa shape index (κ3) is 3.45. The van der Waals surface area contributed by atoms with Gasteiger partial charge >= 0.3 is 5.69 Å². The Hall–Kier alpha value is -2.18. The van der Waals surface area contributed by atoms with Crippen LogP contribution in [-0.2, 0) is 28.9 Å². The van der Waals surface area contributed by atoms with Crippen LogP contribution in [0.15, 0.2) is 29.1 Å². The van der Waals surface area contributed by atoms with E-state index in [0.717, 1.165) is 48.2 Å². The van der Waals surface area contributed by atoms with E-state index in [2.05, 4.69) is 4.98 Å². The number of ether oxygens (including phenoxy) is 2. The number of aryl methyl sites for hydroxylation is 2. The zero-order valence-corrected chi connectivity index (χ0v) is 14.1. The predicted octanol–water partition coefficient (Wildman–Crippen LogP) is 1.91. The molecule has 1 unspecified atom stereocenters. The molecular weight excluding hydrogens is 320 g/mol. The van der Waals surface area contributed by atoms with E-state index < -0.39 is 0 Å². The summed E-state index contributed by atoms with van der Waals surface area (Å²) in [6.45, 7) is 2.59. The number of aromatic nitrogens is 2. The Bertz CT molecular complexity index is 825. The summed E-state index contributed by atoms with van der Waals surface area (Å²) in [5, 5.41) is 9.68. The molecule has 1 aromatic heterocycles. The van der Waals surface area contributed by atoms with E-state index in [1.165, 1.54) is 0 Å². The predicted molar refractivity (Wildman–Crippen MR) is 92.8 cm³/mol. The van der Waals surface area contributed by atoms with Gasteiger partial charge in [-0.3, -0.25) is 4.57 Å². The maximum atomic E-state index is 12.4. The lowest BCUT2D eigenvalue weighted by Crippen LogP contribution is -2.30. The second-order valence-electron chi connectivity index (χ2n) is 6.62. The van der Waals surface area contributed by atoms with E-state index in [0.29, 0.717) is 26.4 Å². The topological polar surface area (TPSA) is 73.6 Å². The molecule has 0 saturated carbocycles. The lowest BCUT2D eigenvalue weighted by atomic mass is 9.96. The fraction of sp³-hybridized carbons (Fsp3) is 0.474. The summed E-state index contributed by atoms with van der Waals surface area (Å²) in [7, 11) is 0. The summed E-state index contributed by atoms with van der Waals surface area (Å²) in [6, 6.07) is 7.34. The van der Waals surface area contributed by atoms with Gasteiger partial charge in [0.05, 0.1) is 31.6 Å². The summed E-state index contributed by atoms with van der Waals surface area (Å²) in [5.41, 5.74) is 3.60. The van der Waals surface area contributed by atoms with Crippen LogP contribution in [0.3, 0.4) is 0 Å². The average molecular weight is 342 g/mol. The minimum absolute atomic E-state index is 0.149. The number of aromatic hydroxyl groups is 1. The molecule has 3 heterocycles. The minimum atomic E-state index is -0.191. The van der Waals surface area contributed by atoms with Crippen LogP contribution in [0.1, 0.15) is 24.1 Å². The summed E-state index contributed by atoms with van der Waals surface area (Å²) in [6.07, 6.45) is 3.44. The molecule has 1 fully saturated rings. The van der Waals surface area contributed by atoms with Crippen LogP contribution < -0.4 is 5.69 Å². The summed E-state index contributed by atoms with van der Waals surface area (Å²) >= 11 is 0. The molecule has 0 radical (unpaired) electrons. The molecule has 4 rings (SSSR count). The third-order valence-corrected chi connectivity index (χ3v) is 4.88. The van der Waals surface area contributed by atoms with E-state index in [1.54, 1.807) is 16.7 Å². The lowest BCUT2D eigenvalue weighted by molar-refractivity contribution is -0.0910. The molecule has 0 amide bonds. The Balaban J connectivity index is 1.53. The molecule has 0 spiro atoms. The van der Waals surface area contributed by atoms with Crippen LogP contribution in [0, 0.1) is 0 Å². The average Bonchev–Trinajstić information content (AvgIpc) is 2.62. The van der Waals surface area contributed by atoms with Gasteiger partial charge in [0.2, 0.25) is 0 Å². The van der Waals surface area contributed by atoms with Gasteiger partial charge in [0.1, 0.15) is 5.75 Å². The van der Waals surface area contributed by atoms with Crippen molar-refractivity contribution in [3.63, 3.8) is 0 Å². The Morgan fingerprint density at radius 3 is 3.04 bits per heavy atom. The zero-order valence-electron chi connectivity index (χ0n) is 14.1. The molecule has 0 aliphatic carbocycles. The van der Waals surface area contributed by atoms with Crippen LogP contribution in [0.5, 0.6) is 5.75 Å². The molecule has 2 aliphatic rings. The largest absolute Gasteiger partial charge is 0.508 e. The molecule has 132 valence electrons. The first-order chi connectivity index (χ1) is 12.2. The lowest BCUT2D eigenvalue weighted by Gasteiger charge is -2.23. The first-order valence-corrected chi connectivity index (χ1v) is 8.83. The fourth-order valence-electron chi connectivity index (χ4n) is 3.60. The van der Waals surface area contributed by atoms with Crippen molar-refractivity contribution in [3.05, 3.63) is 46.0 Å². The van der Waals surface area contributed by atoms with Crippen molar-refractivity contribution in [1.82, 2.24) is 9.55 Å². The first-order valence-electron chi connectivity index (χ1n) is 8.83. The van der Waals surface area contributed by atoms with Crippen molar-refractivity contribution in [2.75, 3.05) is 19.8 Å². The molecule has 25 heavy (non-hydrogen) atoms. The summed E-state index contributed by atoms with van der Waals surface area (Å²) in [4.78, 5) is 16.6. The first kappa shape index (κ1) is 16.3. The van der Waals surface area contributed by atoms with Crippen LogP contribution in [0.2, 0.25) is 0 Å². The van der Waals surface area contributed by atoms with Crippen LogP contribution in [0.4, 0.5) is 0 Å². The Morgan fingerprint density at radius 2 is 2.20 bits per heavy atom. The fourth-order valence-corrected chi connectivity index (χ4v) is 3.60. The van der Waals surface area contributed by atoms with Gasteiger partial charge in [-0.05, 0) is 55.5 Å². The van der Waals surface area contributed by atoms with Gasteiger partial charge in [0.25, 0.3) is 0 Å². The van der Waals surface area contributed by atoms with E-state index in [-0.39, 0.29) is 17.5 Å². The molecule has 2 aliphatic heterocycles. The maximum absolute atomic E-state index is 12.4. The third-order valence-electron chi connectivity index (χ3n) is 4.88. The van der Waals surface area contributed by atoms with Gasteiger partial charge < -0.3 is 14.6 Å². The van der Waals surface area contributed by atoms with Crippen LogP contribution in [-0.4, -0.2) is 40.6 Å². The van der Waals surface area contributed by atoms with Crippen molar-refractivity contribution in [2.24, 2.45) is 0 Å². The number of hydrogen-bond acceptors (Lipinski definition) is 5. The molecule has 1 aromatic carbocycles. The molecule has 2 aromatic rings. The number of rotatable bonds is 4. The Morgan fingerprint density at radius 1 is 1.28 bits per heavy atom. The molecule has 6 heteroatoms. The van der Waals surface area contributed by atoms with Crippen LogP contribution >= 0.6 is 0 Å². The van der Waals surface area contributed by atoms with E-state index in [4.69, 9.17) is 9.47 Å². The normalized spacial score (nSPS) is 19.3. The second-order valence-corrected chi connectivity index (χ2v) is 6.62. The number of nitrogens with zero attached hydrogens (tertiary/aromatic N) is 2. The van der Waals surface area contributed by atoms with E-state index in [1.807, 2.05) is 12.1 Å². The number of phenolic OH excluding ortho intramolecular Hbond substituents is 1. The summed E-state index contributed by atoms with van der Waals surface area (Å²) < 4.78 is 12.8. The van der Waals surface area contributed by atoms with Gasteiger partial charge in [0, 0.05) is 17.8 Å². The minimum Gasteiger partial charge on any atom is -0.508 e. The van der Waals surface area contributed by atoms with Crippen molar-refractivity contribution in [3.8, 4) is 17.0 Å². The number of hydrogen-bond donors (Lipinski definition) is 1. The standard InChI is InChI=1S/C19H22N2O4/c22-15-4-5-17-13(10-15)6-7-21-18(17)11-14(20-19(21)23)2-1-3-16-12-24-8-9-25-16/h4-5,10-11,16,22H,1-3,6-9,12H2. The second kappa shape index (κ2) is 6.98. The Kier molecular flexibility index (Phi) is 4.55. The van der Waals surface area contributed by atoms with Crippen molar-refractivity contribution < 1.29 is 14.6 Å². The molecule has 1 atom stereocenters. The highest BCUT2D eigenvalue weighted by molar-refractivity contribution is 5.67. The zero-order chi connectivity index (χ0) is 17.2. The van der Waals surface area contributed by atoms with Crippen molar-refractivity contribution in [2.45, 2.75) is 38.3 Å². The molecule has 1 N–H and O–H groups in total. The Labute approximate surface area is 146 Å². The number of phenols is 1. The van der Waals surface area contributed by atoms with Gasteiger partial charge in [-0.25, -0.2) is 4.79 Å². The monoisotopic (exact) mass is 342 g/mol. The highest BCUT2D eigenvalue weighted by Gasteiger charge is 2.19. The molecule has 0 bridgehead atoms. The van der Waals surface area contributed by atoms with Gasteiger partial charge in [-0.1, -0.05) is 0 Å². The van der Waals surface area contributed by atoms with E-state index in [9.17, 15) is 9.90 Å². The van der Waals surface area contributed by atoms with Gasteiger partial charge in [0.15, 0.2) is 0 Å². The molecule has 6 nitrogen and oxygen atoms in total. The maximum Gasteiger partial charge on any atom is 0.348 e. The molecule has 1 saturated heterocycles. The SMILES string of the molecule is O=c1nc(CCCC2COCCO2)cc2n1CCc1cc(O)ccc1-2. The highest BCUT2D eigenvalue weighted by atomic mass is 16.6. The number of benzene rings is 1. The summed E-state index contributed by atoms with van der Waals surface area (Å²) in [5.74, 6) is 0.263. The number of fused-ring (bicyclic) bond motifs is 3. The quantitative estimate of drug-likeness (QED) is 0.919. The van der Waals surface area contributed by atoms with Gasteiger partial charge in [-0.2, -0.15) is 4.98 Å². The van der Waals surface area contributed by atoms with Crippen molar-refractivity contribution in [1.29, 1.82) is 0 Å². The smallest absolute Gasteiger partial charge is 0.348 e. The van der Waals surface area contributed by atoms with Crippen molar-refractivity contribution >= 4 is 0 Å². The highest BCUT2D eigenvalue weighted by Crippen LogP contribution is 2.31.